The van der Waals surface area contributed by atoms with Crippen LogP contribution in [0.25, 0.3) is 0 Å². The average Bonchev–Trinajstić information content (AvgIpc) is 2.05. The van der Waals surface area contributed by atoms with Crippen LogP contribution in [-0.2, 0) is 14.3 Å². The van der Waals surface area contributed by atoms with Crippen molar-refractivity contribution in [3.05, 3.63) is 0 Å². The van der Waals surface area contributed by atoms with Crippen LogP contribution < -0.4 is 0 Å². The lowest BCUT2D eigenvalue weighted by molar-refractivity contribution is -0.145. The molecular weight excluding hydrogens is 168 g/mol. The van der Waals surface area contributed by atoms with Crippen molar-refractivity contribution in [2.45, 2.75) is 46.0 Å². The van der Waals surface area contributed by atoms with Crippen LogP contribution in [0.3, 0.4) is 0 Å². The van der Waals surface area contributed by atoms with Gasteiger partial charge in [0, 0.05) is 6.42 Å². The van der Waals surface area contributed by atoms with Gasteiger partial charge in [0.2, 0.25) is 0 Å². The van der Waals surface area contributed by atoms with Crippen molar-refractivity contribution in [2.75, 3.05) is 6.61 Å². The Hall–Kier alpha value is -0.860. The molecule has 0 unspecified atom stereocenters. The highest BCUT2D eigenvalue weighted by Gasteiger charge is 2.08. The van der Waals surface area contributed by atoms with Gasteiger partial charge < -0.3 is 4.74 Å². The van der Waals surface area contributed by atoms with E-state index in [2.05, 4.69) is 11.7 Å². The molecule has 0 aliphatic carbocycles. The number of Topliss-reactive ketones (excluding diaryl/α,β-unsaturated/α-hetero) is 1. The quantitative estimate of drug-likeness (QED) is 0.347. The van der Waals surface area contributed by atoms with E-state index >= 15 is 0 Å². The van der Waals surface area contributed by atoms with Crippen LogP contribution in [-0.4, -0.2) is 18.4 Å². The normalized spacial score (nSPS) is 9.69. The highest BCUT2D eigenvalue weighted by Crippen LogP contribution is 2.02. The van der Waals surface area contributed by atoms with E-state index in [1.807, 2.05) is 0 Å². The molecule has 0 aromatic rings. The first-order valence-corrected chi connectivity index (χ1v) is 4.88. The molecule has 76 valence electrons. The van der Waals surface area contributed by atoms with Gasteiger partial charge in [-0.25, -0.2) is 0 Å². The third-order valence-corrected chi connectivity index (χ3v) is 1.71. The van der Waals surface area contributed by atoms with Gasteiger partial charge in [0.1, 0.15) is 12.2 Å². The van der Waals surface area contributed by atoms with Gasteiger partial charge in [0.15, 0.2) is 0 Å². The van der Waals surface area contributed by atoms with Gasteiger partial charge in [-0.1, -0.05) is 19.8 Å². The number of hydrogen-bond donors (Lipinski definition) is 0. The molecule has 0 radical (unpaired) electrons. The minimum Gasteiger partial charge on any atom is -0.466 e. The number of ether oxygens (including phenoxy) is 1. The Morgan fingerprint density at radius 1 is 1.15 bits per heavy atom. The van der Waals surface area contributed by atoms with Crippen molar-refractivity contribution in [1.29, 1.82) is 0 Å². The van der Waals surface area contributed by atoms with Crippen LogP contribution in [0.4, 0.5) is 0 Å². The Morgan fingerprint density at radius 2 is 1.85 bits per heavy atom. The monoisotopic (exact) mass is 186 g/mol. The van der Waals surface area contributed by atoms with Gasteiger partial charge in [-0.2, -0.15) is 0 Å². The van der Waals surface area contributed by atoms with Gasteiger partial charge in [-0.3, -0.25) is 9.59 Å². The molecule has 3 heteroatoms. The number of carbonyl (C=O) groups is 2. The van der Waals surface area contributed by atoms with E-state index in [-0.39, 0.29) is 12.2 Å². The minimum atomic E-state index is -0.399. The summed E-state index contributed by atoms with van der Waals surface area (Å²) in [7, 11) is 0. The summed E-state index contributed by atoms with van der Waals surface area (Å²) in [5.41, 5.74) is 0. The van der Waals surface area contributed by atoms with E-state index in [1.54, 1.807) is 6.92 Å². The highest BCUT2D eigenvalue weighted by atomic mass is 16.5. The third-order valence-electron chi connectivity index (χ3n) is 1.71. The topological polar surface area (TPSA) is 43.4 Å². The summed E-state index contributed by atoms with van der Waals surface area (Å²) < 4.78 is 4.66. The number of ketones is 1. The molecular formula is C10H18O3. The number of hydrogen-bond acceptors (Lipinski definition) is 3. The Bertz CT molecular complexity index is 164. The summed E-state index contributed by atoms with van der Waals surface area (Å²) in [6.07, 6.45) is 3.47. The summed E-state index contributed by atoms with van der Waals surface area (Å²) in [5.74, 6) is -0.407. The molecule has 0 N–H and O–H groups in total. The lowest BCUT2D eigenvalue weighted by Crippen LogP contribution is -2.10. The SMILES string of the molecule is CCCCCC(=O)CC(=O)OCC. The zero-order chi connectivity index (χ0) is 10.1. The predicted octanol–water partition coefficient (Wildman–Crippen LogP) is 2.09. The molecule has 0 aromatic heterocycles. The average molecular weight is 186 g/mol. The highest BCUT2D eigenvalue weighted by molar-refractivity contribution is 5.95. The summed E-state index contributed by atoms with van der Waals surface area (Å²) in [6, 6.07) is 0. The smallest absolute Gasteiger partial charge is 0.313 e. The Balaban J connectivity index is 3.44. The molecule has 0 heterocycles. The Kier molecular flexibility index (Phi) is 7.26. The summed E-state index contributed by atoms with van der Waals surface area (Å²) in [4.78, 5) is 21.9. The van der Waals surface area contributed by atoms with Crippen LogP contribution >= 0.6 is 0 Å². The zero-order valence-electron chi connectivity index (χ0n) is 8.47. The third kappa shape index (κ3) is 7.50. The van der Waals surface area contributed by atoms with Crippen molar-refractivity contribution in [3.63, 3.8) is 0 Å². The van der Waals surface area contributed by atoms with E-state index in [9.17, 15) is 9.59 Å². The maximum absolute atomic E-state index is 11.1. The molecule has 13 heavy (non-hydrogen) atoms. The van der Waals surface area contributed by atoms with Crippen LogP contribution in [0.2, 0.25) is 0 Å². The first-order valence-electron chi connectivity index (χ1n) is 4.88. The maximum Gasteiger partial charge on any atom is 0.313 e. The summed E-state index contributed by atoms with van der Waals surface area (Å²) in [5, 5.41) is 0. The molecule has 0 saturated heterocycles. The molecule has 0 aliphatic heterocycles. The lowest BCUT2D eigenvalue weighted by atomic mass is 10.1. The molecule has 0 aliphatic rings. The lowest BCUT2D eigenvalue weighted by Gasteiger charge is -2.00. The van der Waals surface area contributed by atoms with Crippen LogP contribution in [0.1, 0.15) is 46.0 Å². The molecule has 0 bridgehead atoms. The van der Waals surface area contributed by atoms with Crippen molar-refractivity contribution < 1.29 is 14.3 Å². The van der Waals surface area contributed by atoms with Crippen molar-refractivity contribution in [2.24, 2.45) is 0 Å². The molecule has 0 rings (SSSR count). The van der Waals surface area contributed by atoms with Gasteiger partial charge in [0.05, 0.1) is 6.61 Å². The second-order valence-corrected chi connectivity index (χ2v) is 2.98. The molecule has 3 nitrogen and oxygen atoms in total. The van der Waals surface area contributed by atoms with E-state index < -0.39 is 5.97 Å². The minimum absolute atomic E-state index is 0.00750. The van der Waals surface area contributed by atoms with Gasteiger partial charge in [-0.15, -0.1) is 0 Å². The molecule has 0 atom stereocenters. The van der Waals surface area contributed by atoms with Gasteiger partial charge in [-0.05, 0) is 13.3 Å². The Morgan fingerprint density at radius 3 is 2.38 bits per heavy atom. The van der Waals surface area contributed by atoms with Crippen LogP contribution in [0.5, 0.6) is 0 Å². The largest absolute Gasteiger partial charge is 0.466 e. The first kappa shape index (κ1) is 12.1. The van der Waals surface area contributed by atoms with E-state index in [0.29, 0.717) is 13.0 Å². The first-order chi connectivity index (χ1) is 6.20. The second kappa shape index (κ2) is 7.77. The molecule has 0 spiro atoms. The summed E-state index contributed by atoms with van der Waals surface area (Å²) >= 11 is 0. The fourth-order valence-corrected chi connectivity index (χ4v) is 1.03. The number of rotatable bonds is 7. The summed E-state index contributed by atoms with van der Waals surface area (Å²) in [6.45, 7) is 4.16. The Labute approximate surface area is 79.5 Å². The number of carbonyl (C=O) groups excluding carboxylic acids is 2. The molecule has 0 amide bonds. The molecule has 0 aromatic carbocycles. The van der Waals surface area contributed by atoms with Crippen LogP contribution in [0.15, 0.2) is 0 Å². The van der Waals surface area contributed by atoms with E-state index in [4.69, 9.17) is 0 Å². The van der Waals surface area contributed by atoms with Gasteiger partial charge >= 0.3 is 5.97 Å². The van der Waals surface area contributed by atoms with Crippen molar-refractivity contribution in [1.82, 2.24) is 0 Å². The predicted molar refractivity (Wildman–Crippen MR) is 50.4 cm³/mol. The van der Waals surface area contributed by atoms with Gasteiger partial charge in [0.25, 0.3) is 0 Å². The zero-order valence-corrected chi connectivity index (χ0v) is 8.47. The van der Waals surface area contributed by atoms with Crippen molar-refractivity contribution >= 4 is 11.8 Å². The number of unbranched alkanes of at least 4 members (excludes halogenated alkanes) is 2. The fraction of sp³-hybridized carbons (Fsp3) is 0.800. The number of esters is 1. The van der Waals surface area contributed by atoms with Crippen LogP contribution in [0, 0.1) is 0 Å². The fourth-order valence-electron chi connectivity index (χ4n) is 1.03. The standard InChI is InChI=1S/C10H18O3/c1-3-5-6-7-9(11)8-10(12)13-4-2/h3-8H2,1-2H3. The molecule has 0 fully saturated rings. The second-order valence-electron chi connectivity index (χ2n) is 2.98. The van der Waals surface area contributed by atoms with E-state index in [0.717, 1.165) is 19.3 Å². The van der Waals surface area contributed by atoms with E-state index in [1.165, 1.54) is 0 Å². The maximum atomic E-state index is 11.1. The molecule has 0 saturated carbocycles. The van der Waals surface area contributed by atoms with Crippen molar-refractivity contribution in [3.8, 4) is 0 Å².